The Morgan fingerprint density at radius 2 is 1.23 bits per heavy atom. The van der Waals surface area contributed by atoms with Crippen LogP contribution in [-0.4, -0.2) is 15.9 Å². The van der Waals surface area contributed by atoms with Gasteiger partial charge in [-0.25, -0.2) is 14.2 Å². The van der Waals surface area contributed by atoms with Gasteiger partial charge in [0, 0.05) is 5.56 Å². The maximum absolute atomic E-state index is 14.6. The van der Waals surface area contributed by atoms with E-state index in [1.807, 2.05) is 18.2 Å². The van der Waals surface area contributed by atoms with Crippen molar-refractivity contribution in [1.29, 1.82) is 0 Å². The van der Waals surface area contributed by atoms with E-state index in [0.29, 0.717) is 5.69 Å². The van der Waals surface area contributed by atoms with Crippen molar-refractivity contribution in [2.75, 3.05) is 0 Å². The van der Waals surface area contributed by atoms with Crippen LogP contribution in [0.1, 0.15) is 125 Å². The Balaban J connectivity index is 1.43. The van der Waals surface area contributed by atoms with Gasteiger partial charge in [0.1, 0.15) is 0 Å². The number of aromatic nitrogens is 2. The molecule has 4 nitrogen and oxygen atoms in total. The number of unbranched alkanes of at least 4 members (excludes halogenated alkanes) is 12. The summed E-state index contributed by atoms with van der Waals surface area (Å²) in [6.45, 7) is 4.47. The summed E-state index contributed by atoms with van der Waals surface area (Å²) in [7, 11) is 0. The van der Waals surface area contributed by atoms with Gasteiger partial charge in [-0.05, 0) is 48.9 Å². The number of esters is 1. The molecule has 216 valence electrons. The Morgan fingerprint density at radius 1 is 0.675 bits per heavy atom. The fraction of sp³-hybridized carbons (Fsp3) is 0.514. The SMILES string of the molecule is CCCCCCCCCc1ccc(-c2cnc(C(=O)Oc3ccc(CCCCCCCCC)cc3F)cn2)cc1. The molecule has 0 atom stereocenters. The Morgan fingerprint density at radius 3 is 1.77 bits per heavy atom. The number of hydrogen-bond donors (Lipinski definition) is 0. The zero-order valence-corrected chi connectivity index (χ0v) is 24.6. The molecule has 0 aliphatic carbocycles. The monoisotopic (exact) mass is 546 g/mol. The van der Waals surface area contributed by atoms with Crippen LogP contribution in [0.5, 0.6) is 5.75 Å². The van der Waals surface area contributed by atoms with Crippen molar-refractivity contribution in [3.8, 4) is 17.0 Å². The molecule has 0 radical (unpaired) electrons. The highest BCUT2D eigenvalue weighted by Gasteiger charge is 2.15. The molecule has 0 unspecified atom stereocenters. The van der Waals surface area contributed by atoms with E-state index in [4.69, 9.17) is 4.74 Å². The maximum atomic E-state index is 14.6. The lowest BCUT2D eigenvalue weighted by atomic mass is 10.0. The fourth-order valence-electron chi connectivity index (χ4n) is 4.93. The molecule has 40 heavy (non-hydrogen) atoms. The topological polar surface area (TPSA) is 52.1 Å². The van der Waals surface area contributed by atoms with Crippen molar-refractivity contribution < 1.29 is 13.9 Å². The fourth-order valence-corrected chi connectivity index (χ4v) is 4.93. The summed E-state index contributed by atoms with van der Waals surface area (Å²) >= 11 is 0. The second-order valence-electron chi connectivity index (χ2n) is 10.9. The molecule has 1 heterocycles. The molecule has 0 spiro atoms. The van der Waals surface area contributed by atoms with Crippen LogP contribution in [0.4, 0.5) is 4.39 Å². The van der Waals surface area contributed by atoms with Crippen molar-refractivity contribution in [3.63, 3.8) is 0 Å². The smallest absolute Gasteiger partial charge is 0.364 e. The molecule has 3 aromatic rings. The van der Waals surface area contributed by atoms with Crippen molar-refractivity contribution >= 4 is 5.97 Å². The minimum absolute atomic E-state index is 0.0471. The first kappa shape index (κ1) is 31.4. The summed E-state index contributed by atoms with van der Waals surface area (Å²) in [6, 6.07) is 13.2. The number of benzene rings is 2. The molecule has 0 aliphatic heterocycles. The van der Waals surface area contributed by atoms with Crippen molar-refractivity contribution in [2.24, 2.45) is 0 Å². The van der Waals surface area contributed by atoms with E-state index in [2.05, 4.69) is 35.9 Å². The Labute approximate surface area is 240 Å². The first-order valence-corrected chi connectivity index (χ1v) is 15.5. The van der Waals surface area contributed by atoms with Crippen LogP contribution in [0.25, 0.3) is 11.3 Å². The van der Waals surface area contributed by atoms with Crippen LogP contribution in [-0.2, 0) is 12.8 Å². The van der Waals surface area contributed by atoms with Crippen LogP contribution >= 0.6 is 0 Å². The molecule has 0 aliphatic rings. The third-order valence-corrected chi connectivity index (χ3v) is 7.45. The number of carbonyl (C=O) groups is 1. The summed E-state index contributed by atoms with van der Waals surface area (Å²) in [5.41, 5.74) is 3.91. The third kappa shape index (κ3) is 11.2. The zero-order valence-electron chi connectivity index (χ0n) is 24.6. The van der Waals surface area contributed by atoms with Gasteiger partial charge in [0.2, 0.25) is 0 Å². The van der Waals surface area contributed by atoms with E-state index in [9.17, 15) is 9.18 Å². The van der Waals surface area contributed by atoms with Gasteiger partial charge in [-0.2, -0.15) is 0 Å². The summed E-state index contributed by atoms with van der Waals surface area (Å²) in [5.74, 6) is -1.34. The van der Waals surface area contributed by atoms with Gasteiger partial charge in [0.05, 0.1) is 18.1 Å². The van der Waals surface area contributed by atoms with Crippen molar-refractivity contribution in [3.05, 3.63) is 77.5 Å². The molecular weight excluding hydrogens is 499 g/mol. The van der Waals surface area contributed by atoms with Crippen LogP contribution < -0.4 is 4.74 Å². The average Bonchev–Trinajstić information content (AvgIpc) is 2.98. The predicted molar refractivity (Wildman–Crippen MR) is 162 cm³/mol. The third-order valence-electron chi connectivity index (χ3n) is 7.45. The molecule has 0 N–H and O–H groups in total. The first-order chi connectivity index (χ1) is 19.6. The number of halogens is 1. The number of rotatable bonds is 19. The number of hydrogen-bond acceptors (Lipinski definition) is 4. The molecule has 5 heteroatoms. The second-order valence-corrected chi connectivity index (χ2v) is 10.9. The number of nitrogens with zero attached hydrogens (tertiary/aromatic N) is 2. The molecular formula is C35H47FN2O2. The predicted octanol–water partition coefficient (Wildman–Crippen LogP) is 10.1. The van der Waals surface area contributed by atoms with Gasteiger partial charge in [-0.3, -0.25) is 4.98 Å². The Kier molecular flexibility index (Phi) is 14.4. The Bertz CT molecular complexity index is 1130. The normalized spacial score (nSPS) is 11.1. The van der Waals surface area contributed by atoms with Crippen LogP contribution in [0.2, 0.25) is 0 Å². The van der Waals surface area contributed by atoms with E-state index in [0.717, 1.165) is 36.8 Å². The maximum Gasteiger partial charge on any atom is 0.364 e. The summed E-state index contributed by atoms with van der Waals surface area (Å²) in [6.07, 6.45) is 22.5. The summed E-state index contributed by atoms with van der Waals surface area (Å²) in [4.78, 5) is 21.2. The molecule has 0 saturated carbocycles. The molecule has 0 bridgehead atoms. The van der Waals surface area contributed by atoms with Crippen molar-refractivity contribution in [1.82, 2.24) is 9.97 Å². The molecule has 2 aromatic carbocycles. The van der Waals surface area contributed by atoms with E-state index >= 15 is 0 Å². The highest BCUT2D eigenvalue weighted by molar-refractivity contribution is 5.88. The van der Waals surface area contributed by atoms with E-state index < -0.39 is 11.8 Å². The lowest BCUT2D eigenvalue weighted by Gasteiger charge is -2.08. The van der Waals surface area contributed by atoms with Gasteiger partial charge in [-0.1, -0.05) is 121 Å². The lowest BCUT2D eigenvalue weighted by Crippen LogP contribution is -2.12. The second kappa shape index (κ2) is 18.3. The van der Waals surface area contributed by atoms with Gasteiger partial charge in [0.15, 0.2) is 17.3 Å². The highest BCUT2D eigenvalue weighted by Crippen LogP contribution is 2.22. The largest absolute Gasteiger partial charge is 0.419 e. The summed E-state index contributed by atoms with van der Waals surface area (Å²) < 4.78 is 19.9. The van der Waals surface area contributed by atoms with Gasteiger partial charge in [-0.15, -0.1) is 0 Å². The minimum Gasteiger partial charge on any atom is -0.419 e. The summed E-state index contributed by atoms with van der Waals surface area (Å²) in [5, 5.41) is 0. The first-order valence-electron chi connectivity index (χ1n) is 15.5. The molecule has 3 rings (SSSR count). The van der Waals surface area contributed by atoms with Gasteiger partial charge < -0.3 is 4.74 Å². The molecule has 0 fully saturated rings. The van der Waals surface area contributed by atoms with Gasteiger partial charge in [0.25, 0.3) is 0 Å². The van der Waals surface area contributed by atoms with E-state index in [1.165, 1.54) is 101 Å². The van der Waals surface area contributed by atoms with Crippen LogP contribution in [0.15, 0.2) is 54.9 Å². The van der Waals surface area contributed by atoms with Crippen molar-refractivity contribution in [2.45, 2.75) is 117 Å². The lowest BCUT2D eigenvalue weighted by molar-refractivity contribution is 0.0721. The molecule has 1 aromatic heterocycles. The number of ether oxygens (including phenoxy) is 1. The Hall–Kier alpha value is -3.08. The number of carbonyl (C=O) groups excluding carboxylic acids is 1. The number of aryl methyl sites for hydroxylation is 2. The van der Waals surface area contributed by atoms with E-state index in [1.54, 1.807) is 6.20 Å². The zero-order chi connectivity index (χ0) is 28.4. The average molecular weight is 547 g/mol. The minimum atomic E-state index is -0.720. The highest BCUT2D eigenvalue weighted by atomic mass is 19.1. The molecule has 0 saturated heterocycles. The van der Waals surface area contributed by atoms with E-state index in [-0.39, 0.29) is 11.4 Å². The molecule has 0 amide bonds. The quantitative estimate of drug-likeness (QED) is 0.0852. The van der Waals surface area contributed by atoms with Crippen LogP contribution in [0.3, 0.4) is 0 Å². The standard InChI is InChI=1S/C35H47FN2O2/c1-3-5-7-9-11-13-15-17-28-19-22-30(23-20-28)32-26-38-33(27-37-32)35(39)40-34-24-21-29(25-31(34)36)18-16-14-12-10-8-6-4-2/h19-27H,3-18H2,1-2H3. The van der Waals surface area contributed by atoms with Crippen LogP contribution in [0, 0.1) is 5.82 Å². The van der Waals surface area contributed by atoms with Gasteiger partial charge >= 0.3 is 5.97 Å².